The average molecular weight is 766 g/mol. The lowest BCUT2D eigenvalue weighted by Crippen LogP contribution is -2.57. The quantitative estimate of drug-likeness (QED) is 0.231. The molecule has 0 saturated carbocycles. The van der Waals surface area contributed by atoms with Gasteiger partial charge in [0.1, 0.15) is 5.75 Å². The smallest absolute Gasteiger partial charge is 0.332 e. The third-order valence-electron chi connectivity index (χ3n) is 12.9. The molecule has 4 aromatic carbocycles. The Morgan fingerprint density at radius 1 is 0.614 bits per heavy atom. The number of aromatic hydroxyl groups is 1. The molecule has 2 atom stereocenters. The Kier molecular flexibility index (Phi) is 10.3. The molecule has 3 saturated heterocycles. The summed E-state index contributed by atoms with van der Waals surface area (Å²) in [4.78, 5) is 51.1. The summed E-state index contributed by atoms with van der Waals surface area (Å²) in [6.07, 6.45) is 5.50. The molecule has 57 heavy (non-hydrogen) atoms. The summed E-state index contributed by atoms with van der Waals surface area (Å²) >= 11 is 0. The maximum Gasteiger partial charge on any atom is 0.332 e. The number of urea groups is 1. The molecule has 4 aliphatic rings. The van der Waals surface area contributed by atoms with Crippen LogP contribution in [0.2, 0.25) is 0 Å². The Morgan fingerprint density at radius 3 is 1.89 bits per heavy atom. The van der Waals surface area contributed by atoms with E-state index >= 15 is 0 Å². The molecule has 3 fully saturated rings. The fourth-order valence-corrected chi connectivity index (χ4v) is 9.74. The molecule has 294 valence electrons. The molecule has 9 rings (SSSR count). The molecule has 0 unspecified atom stereocenters. The lowest BCUT2D eigenvalue weighted by molar-refractivity contribution is 0.0960. The van der Waals surface area contributed by atoms with Crippen LogP contribution < -0.4 is 21.0 Å². The molecule has 0 bridgehead atoms. The molecule has 5 aromatic rings. The van der Waals surface area contributed by atoms with Gasteiger partial charge in [-0.1, -0.05) is 48.5 Å². The monoisotopic (exact) mass is 765 g/mol. The number of rotatable bonds is 6. The molecule has 0 radical (unpaired) electrons. The van der Waals surface area contributed by atoms with Gasteiger partial charge in [-0.05, 0) is 102 Å². The maximum atomic E-state index is 13.7. The zero-order valence-corrected chi connectivity index (χ0v) is 32.4. The molecular weight excluding hydrogens is 715 g/mol. The summed E-state index contributed by atoms with van der Waals surface area (Å²) < 4.78 is 1.44. The molecule has 11 nitrogen and oxygen atoms in total. The van der Waals surface area contributed by atoms with Crippen molar-refractivity contribution in [2.45, 2.75) is 43.6 Å². The highest BCUT2D eigenvalue weighted by atomic mass is 16.3. The number of benzene rings is 4. The molecule has 0 spiro atoms. The number of phenolic OH excluding ortho intramolecular Hbond substituents is 1. The van der Waals surface area contributed by atoms with Gasteiger partial charge < -0.3 is 24.7 Å². The van der Waals surface area contributed by atoms with E-state index in [0.29, 0.717) is 17.7 Å². The van der Waals surface area contributed by atoms with Gasteiger partial charge in [0, 0.05) is 101 Å². The van der Waals surface area contributed by atoms with E-state index in [2.05, 4.69) is 85.2 Å². The highest BCUT2D eigenvalue weighted by Crippen LogP contribution is 2.47. The number of phenols is 1. The van der Waals surface area contributed by atoms with Crippen molar-refractivity contribution in [2.24, 2.45) is 0 Å². The normalized spacial score (nSPS) is 20.7. The molecule has 11 heteroatoms. The average Bonchev–Trinajstić information content (AvgIpc) is 3.26. The number of fused-ring (bicyclic) bond motifs is 1. The van der Waals surface area contributed by atoms with Crippen LogP contribution in [0.5, 0.6) is 5.75 Å². The Bertz CT molecular complexity index is 2290. The van der Waals surface area contributed by atoms with Crippen molar-refractivity contribution in [3.05, 3.63) is 152 Å². The van der Waals surface area contributed by atoms with Gasteiger partial charge in [0.15, 0.2) is 0 Å². The summed E-state index contributed by atoms with van der Waals surface area (Å²) in [6, 6.07) is 35.7. The molecule has 4 heterocycles. The van der Waals surface area contributed by atoms with Gasteiger partial charge in [-0.25, -0.2) is 9.59 Å². The van der Waals surface area contributed by atoms with E-state index in [1.807, 2.05) is 41.3 Å². The number of likely N-dealkylation sites (tertiary alicyclic amines) is 1. The predicted octanol–water partition coefficient (Wildman–Crippen LogP) is 5.62. The van der Waals surface area contributed by atoms with Crippen molar-refractivity contribution in [2.75, 3.05) is 75.2 Å². The number of piperidine rings is 1. The number of H-pyrrole nitrogens is 1. The Hall–Kier alpha value is -5.81. The van der Waals surface area contributed by atoms with Crippen molar-refractivity contribution in [1.82, 2.24) is 24.3 Å². The number of aromatic amines is 1. The highest BCUT2D eigenvalue weighted by Gasteiger charge is 2.34. The van der Waals surface area contributed by atoms with Gasteiger partial charge in [-0.3, -0.25) is 19.2 Å². The lowest BCUT2D eigenvalue weighted by Gasteiger charge is -2.44. The van der Waals surface area contributed by atoms with E-state index in [0.717, 1.165) is 103 Å². The Morgan fingerprint density at radius 2 is 1.23 bits per heavy atom. The number of anilines is 2. The van der Waals surface area contributed by atoms with E-state index in [1.54, 1.807) is 0 Å². The van der Waals surface area contributed by atoms with Gasteiger partial charge in [0.2, 0.25) is 0 Å². The maximum absolute atomic E-state index is 13.7. The fraction of sp³-hybridized carbons (Fsp3) is 0.370. The predicted molar refractivity (Wildman–Crippen MR) is 224 cm³/mol. The first-order valence-corrected chi connectivity index (χ1v) is 20.5. The van der Waals surface area contributed by atoms with E-state index < -0.39 is 11.2 Å². The minimum absolute atomic E-state index is 0.176. The second-order valence-electron chi connectivity index (χ2n) is 16.0. The third-order valence-corrected chi connectivity index (χ3v) is 12.9. The molecule has 2 N–H and O–H groups in total. The number of nitrogens with zero attached hydrogens (tertiary/aromatic N) is 6. The summed E-state index contributed by atoms with van der Waals surface area (Å²) in [7, 11) is 0. The number of hydrogen-bond donors (Lipinski definition) is 2. The van der Waals surface area contributed by atoms with Crippen LogP contribution in [0.1, 0.15) is 53.4 Å². The first-order chi connectivity index (χ1) is 27.9. The van der Waals surface area contributed by atoms with E-state index in [1.165, 1.54) is 44.8 Å². The molecular formula is C46H51N7O4. The lowest BCUT2D eigenvalue weighted by atomic mass is 9.69. The first-order valence-electron chi connectivity index (χ1n) is 20.5. The highest BCUT2D eigenvalue weighted by molar-refractivity contribution is 5.75. The minimum Gasteiger partial charge on any atom is -0.508 e. The number of hydrogen-bond acceptors (Lipinski definition) is 7. The number of amides is 2. The van der Waals surface area contributed by atoms with Gasteiger partial charge in [-0.15, -0.1) is 0 Å². The van der Waals surface area contributed by atoms with Crippen molar-refractivity contribution in [1.29, 1.82) is 0 Å². The largest absolute Gasteiger partial charge is 0.508 e. The summed E-state index contributed by atoms with van der Waals surface area (Å²) in [5, 5.41) is 10.2. The second kappa shape index (κ2) is 16.0. The van der Waals surface area contributed by atoms with Gasteiger partial charge >= 0.3 is 11.7 Å². The number of aromatic nitrogens is 2. The topological polar surface area (TPSA) is 108 Å². The van der Waals surface area contributed by atoms with Crippen LogP contribution >= 0.6 is 0 Å². The van der Waals surface area contributed by atoms with Crippen LogP contribution in [0.25, 0.3) is 5.69 Å². The zero-order valence-electron chi connectivity index (χ0n) is 32.4. The summed E-state index contributed by atoms with van der Waals surface area (Å²) in [6.45, 7) is 8.49. The van der Waals surface area contributed by atoms with Crippen molar-refractivity contribution < 1.29 is 9.90 Å². The van der Waals surface area contributed by atoms with Gasteiger partial charge in [0.25, 0.3) is 5.56 Å². The Balaban J connectivity index is 0.753. The SMILES string of the molecule is O=C(N1CCC(N2CCN(c3ccc(-n4ccc(=O)[nH]c4=O)cc3)CC2)CC1)N1CCN(c2ccc([C@@H]3c4ccc(O)cc4CC[C@@H]3c3ccccc3)cc2)CC1. The van der Waals surface area contributed by atoms with E-state index in [4.69, 9.17) is 0 Å². The molecule has 2 amide bonds. The number of aryl methyl sites for hydroxylation is 1. The van der Waals surface area contributed by atoms with Gasteiger partial charge in [-0.2, -0.15) is 0 Å². The number of piperazine rings is 2. The zero-order chi connectivity index (χ0) is 38.9. The van der Waals surface area contributed by atoms with Crippen molar-refractivity contribution >= 4 is 17.4 Å². The van der Waals surface area contributed by atoms with Crippen molar-refractivity contribution in [3.63, 3.8) is 0 Å². The van der Waals surface area contributed by atoms with Crippen LogP contribution in [0, 0.1) is 0 Å². The summed E-state index contributed by atoms with van der Waals surface area (Å²) in [5.41, 5.74) is 7.40. The second-order valence-corrected chi connectivity index (χ2v) is 16.0. The van der Waals surface area contributed by atoms with Crippen LogP contribution in [-0.2, 0) is 6.42 Å². The van der Waals surface area contributed by atoms with Gasteiger partial charge in [0.05, 0.1) is 5.69 Å². The standard InChI is InChI=1S/C46H51N7O4/c54-40-15-17-42-35(32-40)8-16-41(33-4-2-1-3-5-33)44(42)34-6-9-36(10-7-34)49-28-30-52(31-29-49)46(57)51-21-18-38(19-22-51)50-26-24-48(25-27-50)37-11-13-39(14-12-37)53-23-20-43(55)47-45(53)56/h1-7,9-15,17,20,23,32,38,41,44,54H,8,16,18-19,21-22,24-31H2,(H,47,55,56)/t41-,44+/m1/s1. The Labute approximate surface area is 333 Å². The fourth-order valence-electron chi connectivity index (χ4n) is 9.74. The van der Waals surface area contributed by atoms with E-state index in [-0.39, 0.29) is 11.9 Å². The number of carbonyl (C=O) groups excluding carboxylic acids is 1. The van der Waals surface area contributed by atoms with Crippen LogP contribution in [0.4, 0.5) is 16.2 Å². The molecule has 3 aliphatic heterocycles. The van der Waals surface area contributed by atoms with E-state index in [9.17, 15) is 19.5 Å². The summed E-state index contributed by atoms with van der Waals surface area (Å²) in [5.74, 6) is 0.937. The first kappa shape index (κ1) is 36.8. The number of nitrogens with one attached hydrogen (secondary N) is 1. The number of carbonyl (C=O) groups is 1. The van der Waals surface area contributed by atoms with Crippen LogP contribution in [0.3, 0.4) is 0 Å². The van der Waals surface area contributed by atoms with Crippen LogP contribution in [0.15, 0.2) is 119 Å². The minimum atomic E-state index is -0.444. The third kappa shape index (κ3) is 7.68. The molecule has 1 aromatic heterocycles. The molecule has 1 aliphatic carbocycles. The van der Waals surface area contributed by atoms with Crippen LogP contribution in [-0.4, -0.2) is 107 Å². The van der Waals surface area contributed by atoms with Crippen molar-refractivity contribution in [3.8, 4) is 11.4 Å².